The Morgan fingerprint density at radius 1 is 1.35 bits per heavy atom. The number of anilines is 2. The van der Waals surface area contributed by atoms with Gasteiger partial charge < -0.3 is 10.2 Å². The number of hydrogen-bond donors (Lipinski definition) is 2. The minimum Gasteiger partial charge on any atom is -0.382 e. The van der Waals surface area contributed by atoms with E-state index in [1.54, 1.807) is 17.3 Å². The largest absolute Gasteiger partial charge is 0.382 e. The Balaban J connectivity index is 1.72. The number of carbonyl (C=O) groups excluding carboxylic acids is 1. The van der Waals surface area contributed by atoms with Gasteiger partial charge in [-0.05, 0) is 29.7 Å². The van der Waals surface area contributed by atoms with Crippen molar-refractivity contribution in [2.75, 3.05) is 23.3 Å². The van der Waals surface area contributed by atoms with Crippen molar-refractivity contribution >= 4 is 23.0 Å². The molecule has 118 valence electrons. The van der Waals surface area contributed by atoms with E-state index in [9.17, 15) is 4.79 Å². The highest BCUT2D eigenvalue weighted by molar-refractivity contribution is 6.43. The number of benzene rings is 1. The third-order valence-corrected chi connectivity index (χ3v) is 4.11. The normalized spacial score (nSPS) is 14.6. The second-order valence-corrected chi connectivity index (χ2v) is 5.77. The van der Waals surface area contributed by atoms with Crippen molar-refractivity contribution in [1.82, 2.24) is 4.98 Å². The number of aromatic nitrogens is 1. The summed E-state index contributed by atoms with van der Waals surface area (Å²) in [5.74, 6) is -0.118. The summed E-state index contributed by atoms with van der Waals surface area (Å²) in [6.07, 6.45) is 3.93. The highest BCUT2D eigenvalue weighted by Gasteiger charge is 2.25. The number of pyridine rings is 1. The fourth-order valence-corrected chi connectivity index (χ4v) is 2.83. The Morgan fingerprint density at radius 2 is 2.17 bits per heavy atom. The SMILES string of the molecule is CC(CC(=N)C(=O)N1CCNc2ccccc21)c1cccnc1. The number of rotatable bonds is 4. The van der Waals surface area contributed by atoms with Crippen molar-refractivity contribution in [3.05, 3.63) is 54.4 Å². The summed E-state index contributed by atoms with van der Waals surface area (Å²) >= 11 is 0. The smallest absolute Gasteiger partial charge is 0.272 e. The van der Waals surface area contributed by atoms with E-state index in [1.807, 2.05) is 43.3 Å². The zero-order valence-electron chi connectivity index (χ0n) is 13.1. The van der Waals surface area contributed by atoms with Crippen molar-refractivity contribution in [3.63, 3.8) is 0 Å². The molecule has 1 unspecified atom stereocenters. The maximum absolute atomic E-state index is 12.7. The van der Waals surface area contributed by atoms with Gasteiger partial charge >= 0.3 is 0 Å². The van der Waals surface area contributed by atoms with Crippen LogP contribution in [0.15, 0.2) is 48.8 Å². The van der Waals surface area contributed by atoms with Crippen LogP contribution in [0.4, 0.5) is 11.4 Å². The average Bonchev–Trinajstić information content (AvgIpc) is 2.61. The van der Waals surface area contributed by atoms with E-state index in [2.05, 4.69) is 10.3 Å². The lowest BCUT2D eigenvalue weighted by Crippen LogP contribution is -2.42. The second kappa shape index (κ2) is 6.60. The van der Waals surface area contributed by atoms with E-state index < -0.39 is 0 Å². The van der Waals surface area contributed by atoms with Crippen LogP contribution in [0.1, 0.15) is 24.8 Å². The van der Waals surface area contributed by atoms with Crippen molar-refractivity contribution in [2.24, 2.45) is 0 Å². The number of fused-ring (bicyclic) bond motifs is 1. The Kier molecular flexibility index (Phi) is 4.37. The van der Waals surface area contributed by atoms with Gasteiger partial charge in [-0.15, -0.1) is 0 Å². The monoisotopic (exact) mass is 308 g/mol. The lowest BCUT2D eigenvalue weighted by atomic mass is 9.96. The molecule has 1 aliphatic rings. The highest BCUT2D eigenvalue weighted by atomic mass is 16.2. The first-order valence-corrected chi connectivity index (χ1v) is 7.79. The molecule has 0 bridgehead atoms. The number of carbonyl (C=O) groups is 1. The predicted molar refractivity (Wildman–Crippen MR) is 92.3 cm³/mol. The van der Waals surface area contributed by atoms with Gasteiger partial charge in [0.1, 0.15) is 0 Å². The van der Waals surface area contributed by atoms with Gasteiger partial charge in [0.25, 0.3) is 5.91 Å². The molecule has 0 fully saturated rings. The Morgan fingerprint density at radius 3 is 2.96 bits per heavy atom. The molecular formula is C18H20N4O. The van der Waals surface area contributed by atoms with Gasteiger partial charge in [-0.1, -0.05) is 25.1 Å². The standard InChI is InChI=1S/C18H20N4O/c1-13(14-5-4-8-20-12-14)11-15(19)18(23)22-10-9-21-16-6-2-3-7-17(16)22/h2-8,12-13,19,21H,9-11H2,1H3. The molecule has 0 saturated heterocycles. The molecule has 1 atom stereocenters. The Bertz CT molecular complexity index is 714. The van der Waals surface area contributed by atoms with Gasteiger partial charge in [-0.25, -0.2) is 0 Å². The molecule has 2 heterocycles. The molecule has 3 rings (SSSR count). The van der Waals surface area contributed by atoms with Crippen molar-refractivity contribution in [3.8, 4) is 0 Å². The number of nitrogens with zero attached hydrogens (tertiary/aromatic N) is 2. The van der Waals surface area contributed by atoms with Gasteiger partial charge in [0, 0.05) is 31.9 Å². The summed E-state index contributed by atoms with van der Waals surface area (Å²) in [4.78, 5) is 18.5. The first-order chi connectivity index (χ1) is 11.2. The average molecular weight is 308 g/mol. The minimum atomic E-state index is -0.213. The summed E-state index contributed by atoms with van der Waals surface area (Å²) in [6.45, 7) is 3.30. The number of para-hydroxylation sites is 2. The zero-order valence-corrected chi connectivity index (χ0v) is 13.1. The van der Waals surface area contributed by atoms with Crippen molar-refractivity contribution in [1.29, 1.82) is 5.41 Å². The summed E-state index contributed by atoms with van der Waals surface area (Å²) < 4.78 is 0. The summed E-state index contributed by atoms with van der Waals surface area (Å²) in [5.41, 5.74) is 2.98. The maximum atomic E-state index is 12.7. The molecule has 0 aliphatic carbocycles. The quantitative estimate of drug-likeness (QED) is 0.853. The van der Waals surface area contributed by atoms with Gasteiger partial charge in [0.15, 0.2) is 0 Å². The molecule has 1 aliphatic heterocycles. The summed E-state index contributed by atoms with van der Waals surface area (Å²) in [5, 5.41) is 11.5. The number of amides is 1. The van der Waals surface area contributed by atoms with Crippen LogP contribution < -0.4 is 10.2 Å². The molecule has 1 aromatic heterocycles. The van der Waals surface area contributed by atoms with E-state index >= 15 is 0 Å². The van der Waals surface area contributed by atoms with E-state index in [0.717, 1.165) is 16.9 Å². The highest BCUT2D eigenvalue weighted by Crippen LogP contribution is 2.29. The molecule has 2 N–H and O–H groups in total. The number of hydrogen-bond acceptors (Lipinski definition) is 4. The lowest BCUT2D eigenvalue weighted by Gasteiger charge is -2.30. The summed E-state index contributed by atoms with van der Waals surface area (Å²) in [6, 6.07) is 11.6. The molecule has 1 aromatic carbocycles. The molecule has 2 aromatic rings. The van der Waals surface area contributed by atoms with E-state index in [1.165, 1.54) is 0 Å². The van der Waals surface area contributed by atoms with Gasteiger partial charge in [-0.2, -0.15) is 0 Å². The predicted octanol–water partition coefficient (Wildman–Crippen LogP) is 3.05. The molecular weight excluding hydrogens is 288 g/mol. The number of nitrogens with one attached hydrogen (secondary N) is 2. The van der Waals surface area contributed by atoms with Crippen LogP contribution in [0, 0.1) is 5.41 Å². The van der Waals surface area contributed by atoms with Crippen LogP contribution in [0.2, 0.25) is 0 Å². The zero-order chi connectivity index (χ0) is 16.2. The fraction of sp³-hybridized carbons (Fsp3) is 0.278. The van der Waals surface area contributed by atoms with Crippen LogP contribution in [0.5, 0.6) is 0 Å². The lowest BCUT2D eigenvalue weighted by molar-refractivity contribution is -0.112. The van der Waals surface area contributed by atoms with E-state index in [0.29, 0.717) is 19.5 Å². The summed E-state index contributed by atoms with van der Waals surface area (Å²) in [7, 11) is 0. The van der Waals surface area contributed by atoms with Crippen LogP contribution in [-0.4, -0.2) is 29.7 Å². The first-order valence-electron chi connectivity index (χ1n) is 7.79. The first kappa shape index (κ1) is 15.2. The van der Waals surface area contributed by atoms with E-state index in [4.69, 9.17) is 5.41 Å². The van der Waals surface area contributed by atoms with Crippen LogP contribution >= 0.6 is 0 Å². The molecule has 5 nitrogen and oxygen atoms in total. The van der Waals surface area contributed by atoms with Crippen LogP contribution in [0.25, 0.3) is 0 Å². The van der Waals surface area contributed by atoms with Gasteiger partial charge in [0.05, 0.1) is 17.1 Å². The van der Waals surface area contributed by atoms with E-state index in [-0.39, 0.29) is 17.5 Å². The Labute approximate surface area is 135 Å². The molecule has 0 spiro atoms. The fourth-order valence-electron chi connectivity index (χ4n) is 2.83. The van der Waals surface area contributed by atoms with Gasteiger partial charge in [-0.3, -0.25) is 15.2 Å². The molecule has 1 amide bonds. The van der Waals surface area contributed by atoms with Crippen LogP contribution in [0.3, 0.4) is 0 Å². The topological polar surface area (TPSA) is 69.1 Å². The molecule has 5 heteroatoms. The van der Waals surface area contributed by atoms with Crippen LogP contribution in [-0.2, 0) is 4.79 Å². The third-order valence-electron chi connectivity index (χ3n) is 4.11. The second-order valence-electron chi connectivity index (χ2n) is 5.77. The van der Waals surface area contributed by atoms with Gasteiger partial charge in [0.2, 0.25) is 0 Å². The molecule has 0 radical (unpaired) electrons. The third kappa shape index (κ3) is 3.23. The van der Waals surface area contributed by atoms with Crippen molar-refractivity contribution in [2.45, 2.75) is 19.3 Å². The van der Waals surface area contributed by atoms with Crippen molar-refractivity contribution < 1.29 is 4.79 Å². The maximum Gasteiger partial charge on any atom is 0.272 e. The molecule has 0 saturated carbocycles. The molecule has 23 heavy (non-hydrogen) atoms. The Hall–Kier alpha value is -2.69. The minimum absolute atomic E-state index is 0.0957.